The second kappa shape index (κ2) is 5.67. The average Bonchev–Trinajstić information content (AvgIpc) is 3.21. The predicted molar refractivity (Wildman–Crippen MR) is 80.2 cm³/mol. The molecule has 1 unspecified atom stereocenters. The predicted octanol–water partition coefficient (Wildman–Crippen LogP) is 0.717. The highest BCUT2D eigenvalue weighted by Gasteiger charge is 2.29. The van der Waals surface area contributed by atoms with Crippen molar-refractivity contribution in [3.63, 3.8) is 0 Å². The van der Waals surface area contributed by atoms with Crippen LogP contribution < -0.4 is 5.32 Å². The maximum atomic E-state index is 12.7. The summed E-state index contributed by atoms with van der Waals surface area (Å²) >= 11 is 0. The van der Waals surface area contributed by atoms with Crippen LogP contribution in [0.3, 0.4) is 0 Å². The smallest absolute Gasteiger partial charge is 0.271 e. The molecule has 0 spiro atoms. The van der Waals surface area contributed by atoms with Crippen LogP contribution in [-0.2, 0) is 17.8 Å². The molecule has 7 heteroatoms. The van der Waals surface area contributed by atoms with Crippen molar-refractivity contribution in [1.29, 1.82) is 0 Å². The minimum absolute atomic E-state index is 0.0471. The summed E-state index contributed by atoms with van der Waals surface area (Å²) in [6.07, 6.45) is 4.45. The molecule has 0 saturated heterocycles. The summed E-state index contributed by atoms with van der Waals surface area (Å²) in [6, 6.07) is 3.54. The van der Waals surface area contributed by atoms with Crippen LogP contribution >= 0.6 is 0 Å². The Labute approximate surface area is 128 Å². The van der Waals surface area contributed by atoms with Gasteiger partial charge in [0.1, 0.15) is 6.04 Å². The summed E-state index contributed by atoms with van der Waals surface area (Å²) in [7, 11) is 1.57. The van der Waals surface area contributed by atoms with Crippen LogP contribution in [0.5, 0.6) is 0 Å². The molecule has 2 amide bonds. The number of hydrogen-bond donors (Lipinski definition) is 2. The van der Waals surface area contributed by atoms with Gasteiger partial charge in [-0.2, -0.15) is 5.10 Å². The molecule has 22 heavy (non-hydrogen) atoms. The van der Waals surface area contributed by atoms with Crippen LogP contribution in [0, 0.1) is 0 Å². The minimum atomic E-state index is -0.257. The first-order chi connectivity index (χ1) is 10.6. The van der Waals surface area contributed by atoms with Gasteiger partial charge in [-0.3, -0.25) is 14.7 Å². The highest BCUT2D eigenvalue weighted by atomic mass is 16.2. The van der Waals surface area contributed by atoms with E-state index in [9.17, 15) is 9.59 Å². The second-order valence-electron chi connectivity index (χ2n) is 5.42. The van der Waals surface area contributed by atoms with Crippen molar-refractivity contribution in [2.45, 2.75) is 25.9 Å². The zero-order valence-corrected chi connectivity index (χ0v) is 12.7. The van der Waals surface area contributed by atoms with Gasteiger partial charge in [-0.15, -0.1) is 0 Å². The number of rotatable bonds is 3. The number of amides is 2. The number of aromatic nitrogens is 3. The largest absolute Gasteiger partial charge is 0.354 e. The first-order valence-electron chi connectivity index (χ1n) is 7.31. The van der Waals surface area contributed by atoms with E-state index in [1.54, 1.807) is 11.9 Å². The van der Waals surface area contributed by atoms with E-state index in [0.717, 1.165) is 11.3 Å². The van der Waals surface area contributed by atoms with Crippen molar-refractivity contribution >= 4 is 11.8 Å². The molecule has 1 aliphatic heterocycles. The van der Waals surface area contributed by atoms with E-state index >= 15 is 0 Å². The van der Waals surface area contributed by atoms with E-state index < -0.39 is 0 Å². The SMILES string of the molecule is CNC(=O)c1n[nH]c2c1CN(C(=O)C(C)n1cccc1)CC2. The zero-order valence-electron chi connectivity index (χ0n) is 12.7. The molecular formula is C15H19N5O2. The topological polar surface area (TPSA) is 83.0 Å². The lowest BCUT2D eigenvalue weighted by molar-refractivity contribution is -0.135. The fourth-order valence-corrected chi connectivity index (χ4v) is 2.79. The third-order valence-corrected chi connectivity index (χ3v) is 4.12. The quantitative estimate of drug-likeness (QED) is 0.876. The molecule has 116 valence electrons. The molecule has 0 radical (unpaired) electrons. The van der Waals surface area contributed by atoms with E-state index in [4.69, 9.17) is 0 Å². The standard InChI is InChI=1S/C15H19N5O2/c1-10(19-6-3-4-7-19)15(22)20-8-5-12-11(9-20)13(18-17-12)14(21)16-2/h3-4,6-7,10H,5,8-9H2,1-2H3,(H,16,21)(H,17,18). The van der Waals surface area contributed by atoms with Gasteiger partial charge in [-0.05, 0) is 19.1 Å². The molecular weight excluding hydrogens is 282 g/mol. The summed E-state index contributed by atoms with van der Waals surface area (Å²) < 4.78 is 1.88. The Morgan fingerprint density at radius 2 is 2.09 bits per heavy atom. The van der Waals surface area contributed by atoms with Crippen molar-refractivity contribution in [3.8, 4) is 0 Å². The van der Waals surface area contributed by atoms with Crippen LogP contribution in [0.15, 0.2) is 24.5 Å². The molecule has 0 aliphatic carbocycles. The number of fused-ring (bicyclic) bond motifs is 1. The van der Waals surface area contributed by atoms with Crippen molar-refractivity contribution in [3.05, 3.63) is 41.5 Å². The Balaban J connectivity index is 1.80. The van der Waals surface area contributed by atoms with E-state index in [1.165, 1.54) is 0 Å². The van der Waals surface area contributed by atoms with Crippen molar-refractivity contribution in [1.82, 2.24) is 25.0 Å². The monoisotopic (exact) mass is 301 g/mol. The van der Waals surface area contributed by atoms with Gasteiger partial charge in [0.2, 0.25) is 5.91 Å². The molecule has 3 heterocycles. The van der Waals surface area contributed by atoms with Crippen LogP contribution in [0.4, 0.5) is 0 Å². The lowest BCUT2D eigenvalue weighted by Gasteiger charge is -2.29. The number of nitrogens with zero attached hydrogens (tertiary/aromatic N) is 3. The minimum Gasteiger partial charge on any atom is -0.354 e. The number of carbonyl (C=O) groups excluding carboxylic acids is 2. The molecule has 0 aromatic carbocycles. The van der Waals surface area contributed by atoms with Crippen LogP contribution in [-0.4, -0.2) is 45.1 Å². The van der Waals surface area contributed by atoms with Crippen LogP contribution in [0.2, 0.25) is 0 Å². The molecule has 3 rings (SSSR count). The van der Waals surface area contributed by atoms with Gasteiger partial charge in [0.05, 0.1) is 0 Å². The van der Waals surface area contributed by atoms with Crippen molar-refractivity contribution in [2.75, 3.05) is 13.6 Å². The Morgan fingerprint density at radius 3 is 2.77 bits per heavy atom. The number of hydrogen-bond acceptors (Lipinski definition) is 3. The number of carbonyl (C=O) groups is 2. The van der Waals surface area contributed by atoms with Gasteiger partial charge in [0.15, 0.2) is 5.69 Å². The van der Waals surface area contributed by atoms with Gasteiger partial charge in [0.25, 0.3) is 5.91 Å². The third kappa shape index (κ3) is 2.38. The maximum absolute atomic E-state index is 12.7. The number of aromatic amines is 1. The summed E-state index contributed by atoms with van der Waals surface area (Å²) in [5.74, 6) is -0.184. The fourth-order valence-electron chi connectivity index (χ4n) is 2.79. The van der Waals surface area contributed by atoms with Gasteiger partial charge >= 0.3 is 0 Å². The van der Waals surface area contributed by atoms with Gasteiger partial charge in [-0.25, -0.2) is 0 Å². The molecule has 0 bridgehead atoms. The lowest BCUT2D eigenvalue weighted by atomic mass is 10.0. The van der Waals surface area contributed by atoms with E-state index in [0.29, 0.717) is 25.2 Å². The van der Waals surface area contributed by atoms with Crippen molar-refractivity contribution in [2.24, 2.45) is 0 Å². The zero-order chi connectivity index (χ0) is 15.7. The van der Waals surface area contributed by atoms with E-state index in [2.05, 4.69) is 15.5 Å². The highest BCUT2D eigenvalue weighted by Crippen LogP contribution is 2.22. The first kappa shape index (κ1) is 14.4. The molecule has 2 N–H and O–H groups in total. The molecule has 1 atom stereocenters. The summed E-state index contributed by atoms with van der Waals surface area (Å²) in [4.78, 5) is 26.3. The van der Waals surface area contributed by atoms with Crippen LogP contribution in [0.25, 0.3) is 0 Å². The highest BCUT2D eigenvalue weighted by molar-refractivity contribution is 5.94. The van der Waals surface area contributed by atoms with Gasteiger partial charge in [0, 0.05) is 50.2 Å². The number of H-pyrrole nitrogens is 1. The summed E-state index contributed by atoms with van der Waals surface area (Å²) in [5.41, 5.74) is 2.14. The fraction of sp³-hybridized carbons (Fsp3) is 0.400. The molecule has 0 saturated carbocycles. The maximum Gasteiger partial charge on any atom is 0.271 e. The molecule has 2 aromatic heterocycles. The average molecular weight is 301 g/mol. The molecule has 2 aromatic rings. The van der Waals surface area contributed by atoms with Crippen LogP contribution in [0.1, 0.15) is 34.7 Å². The Hall–Kier alpha value is -2.57. The Bertz CT molecular complexity index is 689. The Kier molecular flexibility index (Phi) is 3.70. The molecule has 0 fully saturated rings. The van der Waals surface area contributed by atoms with Gasteiger partial charge in [-0.1, -0.05) is 0 Å². The second-order valence-corrected chi connectivity index (χ2v) is 5.42. The van der Waals surface area contributed by atoms with Crippen molar-refractivity contribution < 1.29 is 9.59 Å². The van der Waals surface area contributed by atoms with E-state index in [-0.39, 0.29) is 17.9 Å². The number of nitrogens with one attached hydrogen (secondary N) is 2. The van der Waals surface area contributed by atoms with E-state index in [1.807, 2.05) is 36.0 Å². The third-order valence-electron chi connectivity index (χ3n) is 4.12. The first-order valence-corrected chi connectivity index (χ1v) is 7.31. The normalized spacial score (nSPS) is 15.3. The summed E-state index contributed by atoms with van der Waals surface area (Å²) in [5, 5.41) is 9.56. The molecule has 7 nitrogen and oxygen atoms in total. The lowest BCUT2D eigenvalue weighted by Crippen LogP contribution is -2.40. The summed E-state index contributed by atoms with van der Waals surface area (Å²) in [6.45, 7) is 2.93. The van der Waals surface area contributed by atoms with Gasteiger partial charge < -0.3 is 14.8 Å². The Morgan fingerprint density at radius 1 is 1.36 bits per heavy atom. The molecule has 1 aliphatic rings.